The van der Waals surface area contributed by atoms with E-state index in [0.29, 0.717) is 15.6 Å². The maximum atomic E-state index is 13.0. The molecule has 2 aromatic rings. The van der Waals surface area contributed by atoms with Crippen LogP contribution >= 0.6 is 23.2 Å². The van der Waals surface area contributed by atoms with Gasteiger partial charge in [-0.15, -0.1) is 0 Å². The second-order valence-electron chi connectivity index (χ2n) is 5.73. The van der Waals surface area contributed by atoms with E-state index in [1.54, 1.807) is 18.2 Å². The zero-order chi connectivity index (χ0) is 18.4. The molecule has 0 unspecified atom stereocenters. The molecule has 3 rings (SSSR count). The van der Waals surface area contributed by atoms with Gasteiger partial charge in [0.15, 0.2) is 15.3 Å². The first-order valence-corrected chi connectivity index (χ1v) is 9.45. The second-order valence-corrected chi connectivity index (χ2v) is 8.68. The molecule has 1 aliphatic rings. The third-order valence-corrected chi connectivity index (χ3v) is 7.12. The van der Waals surface area contributed by atoms with Crippen LogP contribution in [0.5, 0.6) is 0 Å². The summed E-state index contributed by atoms with van der Waals surface area (Å²) in [4.78, 5) is 11.7. The lowest BCUT2D eigenvalue weighted by atomic mass is 10.0. The monoisotopic (exact) mass is 395 g/mol. The summed E-state index contributed by atoms with van der Waals surface area (Å²) in [6.07, 6.45) is 0. The minimum Gasteiger partial charge on any atom is -0.480 e. The Morgan fingerprint density at radius 3 is 1.96 bits per heavy atom. The van der Waals surface area contributed by atoms with E-state index in [9.17, 15) is 23.6 Å². The van der Waals surface area contributed by atoms with Crippen LogP contribution in [-0.4, -0.2) is 24.7 Å². The first kappa shape index (κ1) is 17.7. The molecule has 0 aromatic heterocycles. The minimum absolute atomic E-state index is 0.0701. The Morgan fingerprint density at radius 2 is 1.52 bits per heavy atom. The van der Waals surface area contributed by atoms with Crippen LogP contribution in [0, 0.1) is 16.7 Å². The highest BCUT2D eigenvalue weighted by Crippen LogP contribution is 2.64. The number of nitriles is 1. The molecular weight excluding hydrogens is 385 g/mol. The van der Waals surface area contributed by atoms with Crippen LogP contribution in [-0.2, 0) is 14.6 Å². The molecule has 128 valence electrons. The van der Waals surface area contributed by atoms with E-state index < -0.39 is 32.4 Å². The average molecular weight is 396 g/mol. The van der Waals surface area contributed by atoms with Crippen molar-refractivity contribution in [3.05, 3.63) is 64.1 Å². The van der Waals surface area contributed by atoms with Gasteiger partial charge in [-0.1, -0.05) is 35.3 Å². The van der Waals surface area contributed by atoms with Crippen molar-refractivity contribution < 1.29 is 18.3 Å². The predicted octanol–water partition coefficient (Wildman–Crippen LogP) is 3.53. The summed E-state index contributed by atoms with van der Waals surface area (Å²) in [6.45, 7) is 0. The molecule has 0 amide bonds. The van der Waals surface area contributed by atoms with Crippen molar-refractivity contribution in [3.8, 4) is 6.07 Å². The summed E-state index contributed by atoms with van der Waals surface area (Å²) in [5.74, 6) is -2.44. The van der Waals surface area contributed by atoms with Gasteiger partial charge < -0.3 is 5.11 Å². The molecule has 2 aromatic carbocycles. The van der Waals surface area contributed by atoms with Crippen LogP contribution < -0.4 is 0 Å². The second kappa shape index (κ2) is 6.03. The zero-order valence-corrected chi connectivity index (χ0v) is 14.9. The van der Waals surface area contributed by atoms with E-state index in [2.05, 4.69) is 0 Å². The molecule has 0 heterocycles. The summed E-state index contributed by atoms with van der Waals surface area (Å²) in [6, 6.07) is 13.3. The van der Waals surface area contributed by atoms with Gasteiger partial charge in [0.2, 0.25) is 0 Å². The highest BCUT2D eigenvalue weighted by Gasteiger charge is 2.77. The smallest absolute Gasteiger partial charge is 0.326 e. The molecule has 5 nitrogen and oxygen atoms in total. The maximum Gasteiger partial charge on any atom is 0.326 e. The van der Waals surface area contributed by atoms with Crippen LogP contribution in [0.3, 0.4) is 0 Å². The van der Waals surface area contributed by atoms with E-state index in [4.69, 9.17) is 23.2 Å². The fourth-order valence-electron chi connectivity index (χ4n) is 3.09. The number of rotatable bonds is 4. The van der Waals surface area contributed by atoms with Crippen molar-refractivity contribution >= 4 is 39.0 Å². The summed E-state index contributed by atoms with van der Waals surface area (Å²) in [5, 5.41) is 18.5. The van der Waals surface area contributed by atoms with Crippen molar-refractivity contribution in [2.75, 3.05) is 0 Å². The SMILES string of the molecule is N#C[C@@]1(C(=O)O)[C@H](S(=O)(=O)c2ccc(Cl)cc2)[C@@H]1c1ccc(Cl)cc1. The Kier molecular flexibility index (Phi) is 4.28. The molecule has 0 spiro atoms. The van der Waals surface area contributed by atoms with Gasteiger partial charge in [-0.05, 0) is 42.0 Å². The van der Waals surface area contributed by atoms with Crippen molar-refractivity contribution in [3.63, 3.8) is 0 Å². The molecule has 0 bridgehead atoms. The summed E-state index contributed by atoms with van der Waals surface area (Å²) >= 11 is 11.6. The predicted molar refractivity (Wildman–Crippen MR) is 92.3 cm³/mol. The molecule has 8 heteroatoms. The Balaban J connectivity index is 2.12. The number of benzene rings is 2. The molecule has 1 saturated carbocycles. The largest absolute Gasteiger partial charge is 0.480 e. The van der Waals surface area contributed by atoms with Crippen LogP contribution in [0.1, 0.15) is 11.5 Å². The molecular formula is C17H11Cl2NO4S. The highest BCUT2D eigenvalue weighted by atomic mass is 35.5. The summed E-state index contributed by atoms with van der Waals surface area (Å²) in [7, 11) is -4.05. The van der Waals surface area contributed by atoms with Gasteiger partial charge in [0.05, 0.1) is 11.0 Å². The van der Waals surface area contributed by atoms with Gasteiger partial charge >= 0.3 is 5.97 Å². The molecule has 1 fully saturated rings. The number of nitrogens with zero attached hydrogens (tertiary/aromatic N) is 1. The van der Waals surface area contributed by atoms with Gasteiger partial charge in [0.1, 0.15) is 5.25 Å². The zero-order valence-electron chi connectivity index (χ0n) is 12.6. The van der Waals surface area contributed by atoms with Crippen molar-refractivity contribution in [2.24, 2.45) is 5.41 Å². The fraction of sp³-hybridized carbons (Fsp3) is 0.176. The van der Waals surface area contributed by atoms with E-state index in [-0.39, 0.29) is 4.90 Å². The van der Waals surface area contributed by atoms with Crippen LogP contribution in [0.4, 0.5) is 0 Å². The molecule has 0 saturated heterocycles. The summed E-state index contributed by atoms with van der Waals surface area (Å²) in [5.41, 5.74) is -1.59. The van der Waals surface area contributed by atoms with E-state index in [0.717, 1.165) is 0 Å². The Bertz CT molecular complexity index is 981. The highest BCUT2D eigenvalue weighted by molar-refractivity contribution is 7.92. The average Bonchev–Trinajstić information content (AvgIpc) is 3.27. The summed E-state index contributed by atoms with van der Waals surface area (Å²) < 4.78 is 25.9. The van der Waals surface area contributed by atoms with Gasteiger partial charge in [0.25, 0.3) is 0 Å². The van der Waals surface area contributed by atoms with Gasteiger partial charge in [-0.25, -0.2) is 8.42 Å². The standard InChI is InChI=1S/C17H11Cl2NO4S/c18-11-3-1-10(2-4-11)14-15(17(14,9-20)16(21)22)25(23,24)13-7-5-12(19)6-8-13/h1-8,14-15H,(H,21,22)/t14-,15+,17-/m0/s1. The van der Waals surface area contributed by atoms with Crippen LogP contribution in [0.2, 0.25) is 10.0 Å². The molecule has 3 atom stereocenters. The maximum absolute atomic E-state index is 13.0. The number of halogens is 2. The quantitative estimate of drug-likeness (QED) is 0.853. The number of carboxylic acid groups (broad SMARTS) is 1. The molecule has 0 radical (unpaired) electrons. The number of hydrogen-bond donors (Lipinski definition) is 1. The van der Waals surface area contributed by atoms with Crippen LogP contribution in [0.25, 0.3) is 0 Å². The first-order valence-electron chi connectivity index (χ1n) is 7.14. The first-order chi connectivity index (χ1) is 11.7. The number of carbonyl (C=O) groups is 1. The Labute approximate surface area is 154 Å². The number of sulfone groups is 1. The number of carboxylic acids is 1. The molecule has 1 aliphatic carbocycles. The topological polar surface area (TPSA) is 95.2 Å². The lowest BCUT2D eigenvalue weighted by Crippen LogP contribution is -2.22. The van der Waals surface area contributed by atoms with Gasteiger partial charge in [-0.2, -0.15) is 5.26 Å². The van der Waals surface area contributed by atoms with Crippen molar-refractivity contribution in [2.45, 2.75) is 16.1 Å². The normalized spacial score (nSPS) is 25.2. The fourth-order valence-corrected chi connectivity index (χ4v) is 5.60. The van der Waals surface area contributed by atoms with Crippen LogP contribution in [0.15, 0.2) is 53.4 Å². The Hall–Kier alpha value is -2.07. The lowest BCUT2D eigenvalue weighted by Gasteiger charge is -2.05. The van der Waals surface area contributed by atoms with E-state index in [1.165, 1.54) is 36.4 Å². The van der Waals surface area contributed by atoms with E-state index >= 15 is 0 Å². The van der Waals surface area contributed by atoms with E-state index in [1.807, 2.05) is 0 Å². The third-order valence-electron chi connectivity index (χ3n) is 4.38. The van der Waals surface area contributed by atoms with Gasteiger partial charge in [0, 0.05) is 16.0 Å². The number of hydrogen-bond acceptors (Lipinski definition) is 4. The minimum atomic E-state index is -4.05. The molecule has 25 heavy (non-hydrogen) atoms. The molecule has 0 aliphatic heterocycles. The number of aliphatic carboxylic acids is 1. The van der Waals surface area contributed by atoms with Crippen molar-refractivity contribution in [1.82, 2.24) is 0 Å². The Morgan fingerprint density at radius 1 is 1.04 bits per heavy atom. The molecule has 1 N–H and O–H groups in total. The van der Waals surface area contributed by atoms with Gasteiger partial charge in [-0.3, -0.25) is 4.79 Å². The lowest BCUT2D eigenvalue weighted by molar-refractivity contribution is -0.141. The van der Waals surface area contributed by atoms with Crippen molar-refractivity contribution in [1.29, 1.82) is 5.26 Å². The third kappa shape index (κ3) is 2.69.